The molecule has 1 saturated heterocycles. The summed E-state index contributed by atoms with van der Waals surface area (Å²) >= 11 is 0. The Labute approximate surface area is 128 Å². The molecule has 1 unspecified atom stereocenters. The minimum atomic E-state index is 0.664. The number of nitrogens with zero attached hydrogens (tertiary/aromatic N) is 1. The highest BCUT2D eigenvalue weighted by atomic mass is 16.5. The molecule has 21 heavy (non-hydrogen) atoms. The van der Waals surface area contributed by atoms with Crippen LogP contribution in [0.3, 0.4) is 0 Å². The van der Waals surface area contributed by atoms with Crippen molar-refractivity contribution in [3.63, 3.8) is 0 Å². The number of nitrogens with one attached hydrogen (secondary N) is 1. The third-order valence-electron chi connectivity index (χ3n) is 4.22. The van der Waals surface area contributed by atoms with Crippen LogP contribution in [0.25, 0.3) is 0 Å². The Balaban J connectivity index is 1.81. The molecule has 1 aliphatic heterocycles. The molecule has 4 heteroatoms. The Kier molecular flexibility index (Phi) is 5.88. The molecule has 4 nitrogen and oxygen atoms in total. The molecule has 1 aliphatic rings. The molecule has 118 valence electrons. The lowest BCUT2D eigenvalue weighted by atomic mass is 10.1. The van der Waals surface area contributed by atoms with Gasteiger partial charge in [-0.2, -0.15) is 0 Å². The molecule has 1 heterocycles. The molecule has 1 fully saturated rings. The van der Waals surface area contributed by atoms with Crippen molar-refractivity contribution in [2.24, 2.45) is 5.92 Å². The van der Waals surface area contributed by atoms with Gasteiger partial charge in [-0.1, -0.05) is 0 Å². The number of rotatable bonds is 7. The Bertz CT molecular complexity index is 426. The first kappa shape index (κ1) is 16.1. The van der Waals surface area contributed by atoms with Gasteiger partial charge >= 0.3 is 0 Å². The molecule has 0 spiro atoms. The zero-order valence-electron chi connectivity index (χ0n) is 13.7. The summed E-state index contributed by atoms with van der Waals surface area (Å²) in [4.78, 5) is 2.56. The maximum atomic E-state index is 5.30. The number of hydrogen-bond acceptors (Lipinski definition) is 4. The summed E-state index contributed by atoms with van der Waals surface area (Å²) in [5, 5.41) is 3.57. The molecule has 0 aromatic heterocycles. The summed E-state index contributed by atoms with van der Waals surface area (Å²) in [7, 11) is 3.37. The second-order valence-electron chi connectivity index (χ2n) is 6.10. The SMILES string of the molecule is COc1cc(CNCC2CCN(C(C)C)C2)cc(OC)c1. The van der Waals surface area contributed by atoms with Gasteiger partial charge in [0.05, 0.1) is 14.2 Å². The zero-order valence-corrected chi connectivity index (χ0v) is 13.7. The van der Waals surface area contributed by atoms with Crippen LogP contribution in [-0.4, -0.2) is 44.8 Å². The smallest absolute Gasteiger partial charge is 0.122 e. The van der Waals surface area contributed by atoms with Gasteiger partial charge in [0.2, 0.25) is 0 Å². The van der Waals surface area contributed by atoms with E-state index in [9.17, 15) is 0 Å². The average molecular weight is 292 g/mol. The predicted octanol–water partition coefficient (Wildman–Crippen LogP) is 2.52. The summed E-state index contributed by atoms with van der Waals surface area (Å²) in [6.07, 6.45) is 1.30. The number of benzene rings is 1. The molecule has 0 bridgehead atoms. The highest BCUT2D eigenvalue weighted by molar-refractivity contribution is 5.38. The Hall–Kier alpha value is -1.26. The van der Waals surface area contributed by atoms with Gasteiger partial charge in [-0.05, 0) is 57.0 Å². The number of methoxy groups -OCH3 is 2. The minimum Gasteiger partial charge on any atom is -0.497 e. The van der Waals surface area contributed by atoms with E-state index in [1.165, 1.54) is 25.1 Å². The van der Waals surface area contributed by atoms with Crippen molar-refractivity contribution in [2.75, 3.05) is 33.9 Å². The summed E-state index contributed by atoms with van der Waals surface area (Å²) in [6.45, 7) is 8.92. The van der Waals surface area contributed by atoms with Crippen LogP contribution in [-0.2, 0) is 6.54 Å². The van der Waals surface area contributed by atoms with Crippen LogP contribution < -0.4 is 14.8 Å². The van der Waals surface area contributed by atoms with Crippen LogP contribution in [0.2, 0.25) is 0 Å². The largest absolute Gasteiger partial charge is 0.497 e. The Morgan fingerprint density at radius 1 is 1.19 bits per heavy atom. The fraction of sp³-hybridized carbons (Fsp3) is 0.647. The monoisotopic (exact) mass is 292 g/mol. The van der Waals surface area contributed by atoms with E-state index in [1.54, 1.807) is 14.2 Å². The molecule has 1 aromatic carbocycles. The lowest BCUT2D eigenvalue weighted by molar-refractivity contribution is 0.264. The maximum Gasteiger partial charge on any atom is 0.122 e. The summed E-state index contributed by atoms with van der Waals surface area (Å²) in [5.41, 5.74) is 1.20. The second-order valence-corrected chi connectivity index (χ2v) is 6.10. The van der Waals surface area contributed by atoms with E-state index in [4.69, 9.17) is 9.47 Å². The third kappa shape index (κ3) is 4.61. The number of likely N-dealkylation sites (tertiary alicyclic amines) is 1. The second kappa shape index (κ2) is 7.66. The maximum absolute atomic E-state index is 5.30. The third-order valence-corrected chi connectivity index (χ3v) is 4.22. The van der Waals surface area contributed by atoms with Crippen LogP contribution in [0.1, 0.15) is 25.8 Å². The fourth-order valence-electron chi connectivity index (χ4n) is 2.89. The van der Waals surface area contributed by atoms with Gasteiger partial charge in [0.25, 0.3) is 0 Å². The van der Waals surface area contributed by atoms with E-state index in [-0.39, 0.29) is 0 Å². The highest BCUT2D eigenvalue weighted by Gasteiger charge is 2.23. The number of ether oxygens (including phenoxy) is 2. The van der Waals surface area contributed by atoms with Crippen molar-refractivity contribution in [3.05, 3.63) is 23.8 Å². The Morgan fingerprint density at radius 2 is 1.86 bits per heavy atom. The van der Waals surface area contributed by atoms with Crippen LogP contribution in [0.4, 0.5) is 0 Å². The topological polar surface area (TPSA) is 33.7 Å². The molecule has 0 amide bonds. The first-order valence-electron chi connectivity index (χ1n) is 7.79. The first-order valence-corrected chi connectivity index (χ1v) is 7.79. The van der Waals surface area contributed by atoms with Gasteiger partial charge in [0, 0.05) is 25.2 Å². The van der Waals surface area contributed by atoms with E-state index >= 15 is 0 Å². The molecule has 2 rings (SSSR count). The highest BCUT2D eigenvalue weighted by Crippen LogP contribution is 2.22. The molecule has 1 aromatic rings. The van der Waals surface area contributed by atoms with E-state index in [0.29, 0.717) is 6.04 Å². The lowest BCUT2D eigenvalue weighted by Gasteiger charge is -2.20. The van der Waals surface area contributed by atoms with E-state index in [0.717, 1.165) is 30.5 Å². The molecular formula is C17H28N2O2. The van der Waals surface area contributed by atoms with Crippen molar-refractivity contribution < 1.29 is 9.47 Å². The van der Waals surface area contributed by atoms with Crippen LogP contribution in [0.5, 0.6) is 11.5 Å². The molecule has 1 atom stereocenters. The quantitative estimate of drug-likeness (QED) is 0.837. The van der Waals surface area contributed by atoms with Gasteiger partial charge in [-0.15, -0.1) is 0 Å². The summed E-state index contributed by atoms with van der Waals surface area (Å²) in [5.74, 6) is 2.45. The molecule has 0 saturated carbocycles. The molecule has 0 radical (unpaired) electrons. The van der Waals surface area contributed by atoms with Gasteiger partial charge in [0.15, 0.2) is 0 Å². The van der Waals surface area contributed by atoms with Crippen molar-refractivity contribution in [3.8, 4) is 11.5 Å². The van der Waals surface area contributed by atoms with E-state index in [2.05, 4.69) is 36.2 Å². The molecule has 1 N–H and O–H groups in total. The first-order chi connectivity index (χ1) is 10.1. The van der Waals surface area contributed by atoms with Gasteiger partial charge in [0.1, 0.15) is 11.5 Å². The standard InChI is InChI=1S/C17H28N2O2/c1-13(2)19-6-5-14(12-19)10-18-11-15-7-16(20-3)9-17(8-15)21-4/h7-9,13-14,18H,5-6,10-12H2,1-4H3. The summed E-state index contributed by atoms with van der Waals surface area (Å²) in [6, 6.07) is 6.69. The average Bonchev–Trinajstić information content (AvgIpc) is 2.96. The fourth-order valence-corrected chi connectivity index (χ4v) is 2.89. The van der Waals surface area contributed by atoms with E-state index in [1.807, 2.05) is 6.07 Å². The van der Waals surface area contributed by atoms with Gasteiger partial charge < -0.3 is 19.7 Å². The minimum absolute atomic E-state index is 0.664. The van der Waals surface area contributed by atoms with Crippen molar-refractivity contribution in [1.82, 2.24) is 10.2 Å². The van der Waals surface area contributed by atoms with Gasteiger partial charge in [-0.3, -0.25) is 0 Å². The van der Waals surface area contributed by atoms with Crippen molar-refractivity contribution in [2.45, 2.75) is 32.9 Å². The van der Waals surface area contributed by atoms with Crippen molar-refractivity contribution >= 4 is 0 Å². The number of hydrogen-bond donors (Lipinski definition) is 1. The Morgan fingerprint density at radius 3 is 2.38 bits per heavy atom. The van der Waals surface area contributed by atoms with Crippen LogP contribution >= 0.6 is 0 Å². The zero-order chi connectivity index (χ0) is 15.2. The lowest BCUT2D eigenvalue weighted by Crippen LogP contribution is -2.30. The normalized spacial score (nSPS) is 19.2. The van der Waals surface area contributed by atoms with Crippen molar-refractivity contribution in [1.29, 1.82) is 0 Å². The predicted molar refractivity (Wildman–Crippen MR) is 86.1 cm³/mol. The molecule has 0 aliphatic carbocycles. The molecular weight excluding hydrogens is 264 g/mol. The summed E-state index contributed by atoms with van der Waals surface area (Å²) < 4.78 is 10.6. The van der Waals surface area contributed by atoms with E-state index < -0.39 is 0 Å². The van der Waals surface area contributed by atoms with Crippen LogP contribution in [0, 0.1) is 5.92 Å². The van der Waals surface area contributed by atoms with Crippen LogP contribution in [0.15, 0.2) is 18.2 Å². The van der Waals surface area contributed by atoms with Gasteiger partial charge in [-0.25, -0.2) is 0 Å².